The van der Waals surface area contributed by atoms with Crippen LogP contribution >= 0.6 is 0 Å². The summed E-state index contributed by atoms with van der Waals surface area (Å²) in [6.45, 7) is 1.59. The van der Waals surface area contributed by atoms with E-state index in [1.54, 1.807) is 24.5 Å². The molecule has 1 aliphatic rings. The molecule has 0 spiro atoms. The zero-order chi connectivity index (χ0) is 22.6. The smallest absolute Gasteiger partial charge is 0.290 e. The van der Waals surface area contributed by atoms with E-state index < -0.39 is 10.0 Å². The number of fused-ring (bicyclic) bond motifs is 2. The summed E-state index contributed by atoms with van der Waals surface area (Å²) in [4.78, 5) is 17.4. The van der Waals surface area contributed by atoms with Gasteiger partial charge in [0.05, 0.1) is 15.9 Å². The quantitative estimate of drug-likeness (QED) is 0.604. The molecule has 0 aliphatic carbocycles. The molecular formula is C22H28N4O4S. The van der Waals surface area contributed by atoms with Gasteiger partial charge < -0.3 is 14.9 Å². The van der Waals surface area contributed by atoms with E-state index in [-0.39, 0.29) is 6.47 Å². The summed E-state index contributed by atoms with van der Waals surface area (Å²) in [6, 6.07) is 9.09. The van der Waals surface area contributed by atoms with Gasteiger partial charge >= 0.3 is 0 Å². The van der Waals surface area contributed by atoms with Gasteiger partial charge in [0.15, 0.2) is 0 Å². The van der Waals surface area contributed by atoms with Crippen molar-refractivity contribution in [1.82, 2.24) is 13.9 Å². The number of aryl methyl sites for hydroxylation is 1. The van der Waals surface area contributed by atoms with Crippen LogP contribution in [0, 0.1) is 0 Å². The fraction of sp³-hybridized carbons (Fsp3) is 0.364. The van der Waals surface area contributed by atoms with Gasteiger partial charge in [-0.25, -0.2) is 12.4 Å². The van der Waals surface area contributed by atoms with Gasteiger partial charge in [0.1, 0.15) is 0 Å². The van der Waals surface area contributed by atoms with Gasteiger partial charge in [-0.05, 0) is 74.8 Å². The molecule has 1 N–H and O–H groups in total. The lowest BCUT2D eigenvalue weighted by Gasteiger charge is -2.27. The van der Waals surface area contributed by atoms with Crippen molar-refractivity contribution in [3.8, 4) is 0 Å². The molecule has 0 saturated carbocycles. The maximum atomic E-state index is 13.5. The van der Waals surface area contributed by atoms with E-state index in [4.69, 9.17) is 9.90 Å². The van der Waals surface area contributed by atoms with Crippen molar-refractivity contribution in [2.75, 3.05) is 39.1 Å². The zero-order valence-electron chi connectivity index (χ0n) is 18.0. The van der Waals surface area contributed by atoms with Crippen LogP contribution in [0.2, 0.25) is 0 Å². The van der Waals surface area contributed by atoms with Gasteiger partial charge in [0.2, 0.25) is 0 Å². The normalized spacial score (nSPS) is 13.6. The van der Waals surface area contributed by atoms with Crippen LogP contribution in [0.4, 0.5) is 5.69 Å². The van der Waals surface area contributed by atoms with Gasteiger partial charge in [-0.15, -0.1) is 0 Å². The first-order valence-electron chi connectivity index (χ1n) is 10.1. The molecule has 1 aromatic carbocycles. The molecule has 0 radical (unpaired) electrons. The minimum absolute atomic E-state index is 0.250. The SMILES string of the molecule is CN(C)CCc1cn(S(=O)(=O)c2ccc3c(c2)CCCN3C)c2cccnc12.O=CO. The average molecular weight is 445 g/mol. The average Bonchev–Trinajstić information content (AvgIpc) is 3.12. The second-order valence-electron chi connectivity index (χ2n) is 7.80. The Bertz CT molecular complexity index is 1170. The summed E-state index contributed by atoms with van der Waals surface area (Å²) in [5.41, 5.74) is 4.55. The third-order valence-electron chi connectivity index (χ3n) is 5.39. The minimum atomic E-state index is -3.69. The fourth-order valence-electron chi connectivity index (χ4n) is 3.86. The van der Waals surface area contributed by atoms with E-state index in [1.165, 1.54) is 3.97 Å². The van der Waals surface area contributed by atoms with Crippen molar-refractivity contribution in [3.05, 3.63) is 53.9 Å². The van der Waals surface area contributed by atoms with Crippen LogP contribution in [0.1, 0.15) is 17.5 Å². The monoisotopic (exact) mass is 444 g/mol. The molecule has 2 aromatic heterocycles. The summed E-state index contributed by atoms with van der Waals surface area (Å²) in [5.74, 6) is 0. The van der Waals surface area contributed by atoms with E-state index in [0.717, 1.165) is 54.7 Å². The number of rotatable bonds is 5. The molecule has 4 rings (SSSR count). The predicted molar refractivity (Wildman–Crippen MR) is 121 cm³/mol. The van der Waals surface area contributed by atoms with E-state index in [0.29, 0.717) is 10.4 Å². The van der Waals surface area contributed by atoms with Crippen LogP contribution in [0.5, 0.6) is 0 Å². The Hall–Kier alpha value is -2.91. The van der Waals surface area contributed by atoms with Crippen molar-refractivity contribution in [3.63, 3.8) is 0 Å². The van der Waals surface area contributed by atoms with Crippen LogP contribution < -0.4 is 4.90 Å². The maximum Gasteiger partial charge on any atom is 0.290 e. The molecule has 0 atom stereocenters. The Labute approximate surface area is 182 Å². The van der Waals surface area contributed by atoms with Crippen LogP contribution in [0.15, 0.2) is 47.6 Å². The van der Waals surface area contributed by atoms with Crippen molar-refractivity contribution in [2.45, 2.75) is 24.2 Å². The first-order valence-corrected chi connectivity index (χ1v) is 11.5. The molecule has 0 bridgehead atoms. The second kappa shape index (κ2) is 9.49. The minimum Gasteiger partial charge on any atom is -0.483 e. The Morgan fingerprint density at radius 1 is 1.26 bits per heavy atom. The highest BCUT2D eigenvalue weighted by Crippen LogP contribution is 2.31. The summed E-state index contributed by atoms with van der Waals surface area (Å²) in [6.07, 6.45) is 6.15. The molecule has 3 heterocycles. The molecule has 31 heavy (non-hydrogen) atoms. The maximum absolute atomic E-state index is 13.5. The Balaban J connectivity index is 0.000000858. The van der Waals surface area contributed by atoms with Crippen LogP contribution in [-0.4, -0.2) is 68.1 Å². The molecule has 0 unspecified atom stereocenters. The molecule has 166 valence electrons. The topological polar surface area (TPSA) is 95.7 Å². The standard InChI is InChI=1S/C21H26N4O2S.CH2O2/c1-23(2)13-10-17-15-25(20-7-4-11-22-21(17)20)28(26,27)18-8-9-19-16(14-18)6-5-12-24(19)3;2-1-3/h4,7-9,11,14-15H,5-6,10,12-13H2,1-3H3;1H,(H,2,3). The number of hydrogen-bond acceptors (Lipinski definition) is 6. The largest absolute Gasteiger partial charge is 0.483 e. The lowest BCUT2D eigenvalue weighted by molar-refractivity contribution is -0.122. The number of benzene rings is 1. The summed E-state index contributed by atoms with van der Waals surface area (Å²) < 4.78 is 28.4. The molecule has 3 aromatic rings. The van der Waals surface area contributed by atoms with Crippen molar-refractivity contribution < 1.29 is 18.3 Å². The first-order chi connectivity index (χ1) is 14.8. The lowest BCUT2D eigenvalue weighted by Crippen LogP contribution is -2.25. The second-order valence-corrected chi connectivity index (χ2v) is 9.62. The van der Waals surface area contributed by atoms with Gasteiger partial charge in [-0.2, -0.15) is 0 Å². The van der Waals surface area contributed by atoms with Gasteiger partial charge in [-0.1, -0.05) is 0 Å². The summed E-state index contributed by atoms with van der Waals surface area (Å²) in [5, 5.41) is 6.89. The molecular weight excluding hydrogens is 416 g/mol. The predicted octanol–water partition coefficient (Wildman–Crippen LogP) is 2.46. The molecule has 0 saturated heterocycles. The molecule has 8 nitrogen and oxygen atoms in total. The number of nitrogens with zero attached hydrogens (tertiary/aromatic N) is 4. The van der Waals surface area contributed by atoms with E-state index in [9.17, 15) is 8.42 Å². The van der Waals surface area contributed by atoms with Gasteiger partial charge in [0.25, 0.3) is 16.5 Å². The first kappa shape index (κ1) is 22.8. The van der Waals surface area contributed by atoms with Crippen LogP contribution in [0.3, 0.4) is 0 Å². The molecule has 1 aliphatic heterocycles. The summed E-state index contributed by atoms with van der Waals surface area (Å²) in [7, 11) is 2.38. The molecule has 0 amide bonds. The third kappa shape index (κ3) is 4.72. The number of carbonyl (C=O) groups is 1. The third-order valence-corrected chi connectivity index (χ3v) is 7.06. The lowest BCUT2D eigenvalue weighted by atomic mass is 10.0. The highest BCUT2D eigenvalue weighted by atomic mass is 32.2. The summed E-state index contributed by atoms with van der Waals surface area (Å²) >= 11 is 0. The Kier molecular flexibility index (Phi) is 6.97. The Morgan fingerprint density at radius 3 is 2.71 bits per heavy atom. The van der Waals surface area contributed by atoms with E-state index in [1.807, 2.05) is 39.3 Å². The molecule has 0 fully saturated rings. The number of likely N-dealkylation sites (N-methyl/N-ethyl adjacent to an activating group) is 1. The number of aromatic nitrogens is 2. The van der Waals surface area contributed by atoms with Crippen molar-refractivity contribution in [2.24, 2.45) is 0 Å². The highest BCUT2D eigenvalue weighted by molar-refractivity contribution is 7.90. The van der Waals surface area contributed by atoms with Crippen molar-refractivity contribution in [1.29, 1.82) is 0 Å². The van der Waals surface area contributed by atoms with Crippen molar-refractivity contribution >= 4 is 33.2 Å². The highest BCUT2D eigenvalue weighted by Gasteiger charge is 2.24. The van der Waals surface area contributed by atoms with Gasteiger partial charge in [-0.3, -0.25) is 9.78 Å². The Morgan fingerprint density at radius 2 is 2.00 bits per heavy atom. The zero-order valence-corrected chi connectivity index (χ0v) is 18.8. The molecule has 9 heteroatoms. The van der Waals surface area contributed by atoms with Crippen LogP contribution in [0.25, 0.3) is 11.0 Å². The van der Waals surface area contributed by atoms with Crippen LogP contribution in [-0.2, 0) is 27.7 Å². The number of pyridine rings is 1. The van der Waals surface area contributed by atoms with Gasteiger partial charge in [0, 0.05) is 38.2 Å². The van der Waals surface area contributed by atoms with E-state index >= 15 is 0 Å². The fourth-order valence-corrected chi connectivity index (χ4v) is 5.29. The number of carboxylic acid groups (broad SMARTS) is 1. The van der Waals surface area contributed by atoms with E-state index in [2.05, 4.69) is 14.8 Å². The number of hydrogen-bond donors (Lipinski definition) is 1. The number of anilines is 1.